The molecule has 0 atom stereocenters. The minimum atomic E-state index is -5.77. The van der Waals surface area contributed by atoms with Crippen molar-refractivity contribution in [2.45, 2.75) is 25.7 Å². The maximum Gasteiger partial charge on any atom is 0.458 e. The lowest BCUT2D eigenvalue weighted by Gasteiger charge is -2.12. The van der Waals surface area contributed by atoms with Crippen molar-refractivity contribution in [3.63, 3.8) is 0 Å². The van der Waals surface area contributed by atoms with E-state index >= 15 is 0 Å². The van der Waals surface area contributed by atoms with Crippen LogP contribution in [0.4, 0.5) is 32.0 Å². The molecule has 1 aromatic rings. The SMILES string of the molecule is CC(=O)Cc1ccc(N(C)C)cc1.O=C(C(=O)C(F)(F)F)C(F)(F)F. The van der Waals surface area contributed by atoms with Crippen LogP contribution in [0, 0.1) is 0 Å². The van der Waals surface area contributed by atoms with E-state index in [0.717, 1.165) is 11.3 Å². The van der Waals surface area contributed by atoms with Crippen LogP contribution < -0.4 is 4.90 Å². The third kappa shape index (κ3) is 8.32. The lowest BCUT2D eigenvalue weighted by Crippen LogP contribution is -2.39. The molecule has 0 unspecified atom stereocenters. The molecule has 0 aromatic heterocycles. The second kappa shape index (κ2) is 8.63. The van der Waals surface area contributed by atoms with Crippen molar-refractivity contribution in [2.75, 3.05) is 19.0 Å². The van der Waals surface area contributed by atoms with Crippen LogP contribution in [0.3, 0.4) is 0 Å². The highest BCUT2D eigenvalue weighted by Crippen LogP contribution is 2.24. The smallest absolute Gasteiger partial charge is 0.378 e. The topological polar surface area (TPSA) is 54.5 Å². The molecule has 25 heavy (non-hydrogen) atoms. The Balaban J connectivity index is 0.000000463. The van der Waals surface area contributed by atoms with E-state index in [2.05, 4.69) is 0 Å². The average molecular weight is 371 g/mol. The normalized spacial score (nSPS) is 11.2. The summed E-state index contributed by atoms with van der Waals surface area (Å²) >= 11 is 0. The summed E-state index contributed by atoms with van der Waals surface area (Å²) in [7, 11) is 4.00. The number of rotatable bonds is 4. The summed E-state index contributed by atoms with van der Waals surface area (Å²) in [4.78, 5) is 32.1. The van der Waals surface area contributed by atoms with Gasteiger partial charge in [0.15, 0.2) is 0 Å². The molecule has 0 saturated carbocycles. The number of hydrogen-bond acceptors (Lipinski definition) is 4. The lowest BCUT2D eigenvalue weighted by atomic mass is 10.1. The number of nitrogens with zero attached hydrogens (tertiary/aromatic N) is 1. The Morgan fingerprint density at radius 2 is 1.20 bits per heavy atom. The average Bonchev–Trinajstić information content (AvgIpc) is 2.44. The number of hydrogen-bond donors (Lipinski definition) is 0. The van der Waals surface area contributed by atoms with Gasteiger partial charge >= 0.3 is 23.9 Å². The molecule has 0 saturated heterocycles. The fourth-order valence-corrected chi connectivity index (χ4v) is 1.46. The fraction of sp³-hybridized carbons (Fsp3) is 0.400. The van der Waals surface area contributed by atoms with Crippen molar-refractivity contribution >= 4 is 23.0 Å². The van der Waals surface area contributed by atoms with E-state index < -0.39 is 23.9 Å². The molecular weight excluding hydrogens is 356 g/mol. The van der Waals surface area contributed by atoms with Gasteiger partial charge in [-0.05, 0) is 24.6 Å². The monoisotopic (exact) mass is 371 g/mol. The molecule has 0 aliphatic rings. The number of Topliss-reactive ketones (excluding diaryl/α,β-unsaturated/α-hetero) is 3. The summed E-state index contributed by atoms with van der Waals surface area (Å²) in [5.74, 6) is -6.61. The van der Waals surface area contributed by atoms with Crippen LogP contribution in [0.15, 0.2) is 24.3 Å². The van der Waals surface area contributed by atoms with E-state index in [1.165, 1.54) is 0 Å². The molecule has 140 valence electrons. The minimum absolute atomic E-state index is 0.206. The highest BCUT2D eigenvalue weighted by molar-refractivity contribution is 6.41. The number of carbonyl (C=O) groups is 3. The predicted molar refractivity (Wildman–Crippen MR) is 77.3 cm³/mol. The molecular formula is C15H15F6NO3. The quantitative estimate of drug-likeness (QED) is 0.603. The van der Waals surface area contributed by atoms with Gasteiger partial charge in [-0.25, -0.2) is 0 Å². The van der Waals surface area contributed by atoms with Gasteiger partial charge in [-0.2, -0.15) is 26.3 Å². The van der Waals surface area contributed by atoms with E-state index in [-0.39, 0.29) is 5.78 Å². The van der Waals surface area contributed by atoms with Gasteiger partial charge in [-0.1, -0.05) is 12.1 Å². The molecule has 0 radical (unpaired) electrons. The van der Waals surface area contributed by atoms with Crippen molar-refractivity contribution in [3.05, 3.63) is 29.8 Å². The standard InChI is InChI=1S/C11H15NO.C4F6O2/c1-9(13)8-10-4-6-11(7-5-10)12(2)3;5-3(6,7)1(11)2(12)4(8,9)10/h4-7H,8H2,1-3H3;. The summed E-state index contributed by atoms with van der Waals surface area (Å²) in [6.45, 7) is 1.61. The van der Waals surface area contributed by atoms with Crippen LogP contribution in [-0.2, 0) is 20.8 Å². The Kier molecular flexibility index (Phi) is 7.81. The molecule has 0 fully saturated rings. The zero-order chi connectivity index (χ0) is 20.0. The van der Waals surface area contributed by atoms with Gasteiger partial charge in [-0.15, -0.1) is 0 Å². The van der Waals surface area contributed by atoms with Gasteiger partial charge < -0.3 is 4.90 Å². The number of carbonyl (C=O) groups excluding carboxylic acids is 3. The van der Waals surface area contributed by atoms with Crippen molar-refractivity contribution in [1.29, 1.82) is 0 Å². The Morgan fingerprint density at radius 3 is 1.44 bits per heavy atom. The molecule has 4 nitrogen and oxygen atoms in total. The molecule has 0 spiro atoms. The van der Waals surface area contributed by atoms with Crippen LogP contribution >= 0.6 is 0 Å². The van der Waals surface area contributed by atoms with Crippen LogP contribution in [0.2, 0.25) is 0 Å². The number of anilines is 1. The largest absolute Gasteiger partial charge is 0.458 e. The van der Waals surface area contributed by atoms with Crippen LogP contribution in [0.1, 0.15) is 12.5 Å². The van der Waals surface area contributed by atoms with Gasteiger partial charge in [0.2, 0.25) is 0 Å². The Bertz CT molecular complexity index is 594. The third-order valence-electron chi connectivity index (χ3n) is 2.63. The van der Waals surface area contributed by atoms with Crippen LogP contribution in [-0.4, -0.2) is 43.8 Å². The van der Waals surface area contributed by atoms with Crippen LogP contribution in [0.25, 0.3) is 0 Å². The molecule has 0 heterocycles. The second-order valence-corrected chi connectivity index (χ2v) is 5.09. The number of ketones is 3. The van der Waals surface area contributed by atoms with Gasteiger partial charge in [0.05, 0.1) is 0 Å². The Hall–Kier alpha value is -2.39. The summed E-state index contributed by atoms with van der Waals surface area (Å²) in [5, 5.41) is 0. The Labute approximate surface area is 139 Å². The molecule has 0 aliphatic heterocycles. The van der Waals surface area contributed by atoms with E-state index in [4.69, 9.17) is 0 Å². The van der Waals surface area contributed by atoms with E-state index in [9.17, 15) is 40.7 Å². The van der Waals surface area contributed by atoms with Gasteiger partial charge in [0.1, 0.15) is 5.78 Å². The van der Waals surface area contributed by atoms with E-state index in [1.807, 2.05) is 43.3 Å². The molecule has 0 bridgehead atoms. The first-order valence-corrected chi connectivity index (χ1v) is 6.64. The Morgan fingerprint density at radius 1 is 0.840 bits per heavy atom. The molecule has 0 N–H and O–H groups in total. The highest BCUT2D eigenvalue weighted by atomic mass is 19.4. The maximum absolute atomic E-state index is 11.2. The molecule has 1 aromatic carbocycles. The number of alkyl halides is 6. The predicted octanol–water partition coefficient (Wildman–Crippen LogP) is 3.13. The van der Waals surface area contributed by atoms with Crippen molar-refractivity contribution in [1.82, 2.24) is 0 Å². The molecule has 10 heteroatoms. The zero-order valence-electron chi connectivity index (χ0n) is 13.5. The van der Waals surface area contributed by atoms with E-state index in [1.54, 1.807) is 6.92 Å². The van der Waals surface area contributed by atoms with Crippen molar-refractivity contribution < 1.29 is 40.7 Å². The fourth-order valence-electron chi connectivity index (χ4n) is 1.46. The van der Waals surface area contributed by atoms with E-state index in [0.29, 0.717) is 6.42 Å². The molecule has 0 amide bonds. The molecule has 1 rings (SSSR count). The summed E-state index contributed by atoms with van der Waals surface area (Å²) in [5.41, 5.74) is 2.24. The van der Waals surface area contributed by atoms with Crippen LogP contribution in [0.5, 0.6) is 0 Å². The first-order chi connectivity index (χ1) is 11.2. The van der Waals surface area contributed by atoms with Crippen molar-refractivity contribution in [2.24, 2.45) is 0 Å². The highest BCUT2D eigenvalue weighted by Gasteiger charge is 2.54. The van der Waals surface area contributed by atoms with Gasteiger partial charge in [0, 0.05) is 26.2 Å². The summed E-state index contributed by atoms with van der Waals surface area (Å²) in [6, 6.07) is 8.05. The number of benzene rings is 1. The lowest BCUT2D eigenvalue weighted by molar-refractivity contribution is -0.193. The van der Waals surface area contributed by atoms with Gasteiger partial charge in [0.25, 0.3) is 0 Å². The van der Waals surface area contributed by atoms with Crippen molar-refractivity contribution in [3.8, 4) is 0 Å². The number of halogens is 6. The first kappa shape index (κ1) is 22.6. The minimum Gasteiger partial charge on any atom is -0.378 e. The molecule has 0 aliphatic carbocycles. The zero-order valence-corrected chi connectivity index (χ0v) is 13.5. The summed E-state index contributed by atoms with van der Waals surface area (Å²) in [6.07, 6.45) is -11.0. The maximum atomic E-state index is 11.2. The third-order valence-corrected chi connectivity index (χ3v) is 2.63. The first-order valence-electron chi connectivity index (χ1n) is 6.64. The second-order valence-electron chi connectivity index (χ2n) is 5.09. The summed E-state index contributed by atoms with van der Waals surface area (Å²) < 4.78 is 67.0. The van der Waals surface area contributed by atoms with Gasteiger partial charge in [-0.3, -0.25) is 14.4 Å².